The van der Waals surface area contributed by atoms with Gasteiger partial charge in [0.15, 0.2) is 30.9 Å². The Bertz CT molecular complexity index is 2080. The van der Waals surface area contributed by atoms with Gasteiger partial charge < -0.3 is 149 Å². The quantitative estimate of drug-likeness (QED) is 0.0188. The van der Waals surface area contributed by atoms with Gasteiger partial charge in [0.2, 0.25) is 0 Å². The number of hydrogen-bond donors (Lipinski definition) is 21. The van der Waals surface area contributed by atoms with E-state index in [4.69, 9.17) is 54.0 Å². The van der Waals surface area contributed by atoms with Crippen molar-refractivity contribution >= 4 is 35.8 Å². The predicted octanol–water partition coefficient (Wildman–Crippen LogP) is -7.67. The van der Waals surface area contributed by atoms with Crippen LogP contribution in [0.4, 0.5) is 0 Å². The van der Waals surface area contributed by atoms with Crippen molar-refractivity contribution in [2.24, 2.45) is 0 Å². The number of carbonyl (C=O) groups excluding carboxylic acids is 3. The van der Waals surface area contributed by atoms with Gasteiger partial charge in [-0.2, -0.15) is 0 Å². The normalized spacial score (nSPS) is 35.6. The number of aliphatic hydroxyl groups is 17. The fourth-order valence-electron chi connectivity index (χ4n) is 9.81. The van der Waals surface area contributed by atoms with E-state index in [1.54, 1.807) is 0 Å². The lowest BCUT2D eigenvalue weighted by Crippen LogP contribution is -2.63. The Hall–Kier alpha value is -4.18. The second-order valence-corrected chi connectivity index (χ2v) is 22.2. The SMILES string of the molecule is COC(=O)CCCCC1OC(C(=O)O)C(O)C(O)C1O.COC(=O)CCCCC1OC(CO)C(O)C(O)C1O.COC(=O)CCCCCCCCCCNC1OC(C(=O)O)C(O)C(O)C1O.COC1OC(C(=O)O)C(O)C(O)C1O.COC1OC(CO)C(O)C(O)C1O. The van der Waals surface area contributed by atoms with Crippen molar-refractivity contribution in [3.8, 4) is 0 Å². The molecule has 546 valence electrons. The summed E-state index contributed by atoms with van der Waals surface area (Å²) < 4.78 is 48.1. The molecule has 0 aliphatic carbocycles. The first-order valence-corrected chi connectivity index (χ1v) is 30.3. The second-order valence-electron chi connectivity index (χ2n) is 22.2. The average molecular weight is 1360 g/mol. The first-order valence-electron chi connectivity index (χ1n) is 30.3. The molecule has 5 fully saturated rings. The van der Waals surface area contributed by atoms with Gasteiger partial charge in [-0.3, -0.25) is 19.7 Å². The number of rotatable bonds is 29. The largest absolute Gasteiger partial charge is 0.479 e. The van der Waals surface area contributed by atoms with Gasteiger partial charge >= 0.3 is 35.8 Å². The molecule has 0 aromatic heterocycles. The molecule has 37 nitrogen and oxygen atoms in total. The molecule has 5 aliphatic rings. The Morgan fingerprint density at radius 1 is 0.323 bits per heavy atom. The van der Waals surface area contributed by atoms with E-state index in [9.17, 15) is 105 Å². The summed E-state index contributed by atoms with van der Waals surface area (Å²) in [7, 11) is 6.49. The van der Waals surface area contributed by atoms with Crippen molar-refractivity contribution in [3.63, 3.8) is 0 Å². The highest BCUT2D eigenvalue weighted by Crippen LogP contribution is 2.28. The Kier molecular flexibility index (Phi) is 43.0. The summed E-state index contributed by atoms with van der Waals surface area (Å²) in [5.41, 5.74) is 0. The van der Waals surface area contributed by atoms with Gasteiger partial charge in [-0.05, 0) is 45.1 Å². The van der Waals surface area contributed by atoms with E-state index in [1.165, 1.54) is 35.5 Å². The summed E-state index contributed by atoms with van der Waals surface area (Å²) in [6.07, 6.45) is -21.3. The van der Waals surface area contributed by atoms with Gasteiger partial charge in [0.1, 0.15) is 110 Å². The molecule has 21 N–H and O–H groups in total. The van der Waals surface area contributed by atoms with Crippen LogP contribution in [0.25, 0.3) is 0 Å². The maximum Gasteiger partial charge on any atom is 0.335 e. The summed E-state index contributed by atoms with van der Waals surface area (Å²) in [5, 5.41) is 190. The summed E-state index contributed by atoms with van der Waals surface area (Å²) in [4.78, 5) is 65.2. The highest BCUT2D eigenvalue weighted by atomic mass is 16.7. The summed E-state index contributed by atoms with van der Waals surface area (Å²) in [6, 6.07) is 0. The monoisotopic (exact) mass is 1360 g/mol. The minimum absolute atomic E-state index is 0.161. The van der Waals surface area contributed by atoms with Crippen LogP contribution in [0.5, 0.6) is 0 Å². The summed E-state index contributed by atoms with van der Waals surface area (Å²) in [5.74, 6) is -5.02. The molecule has 0 saturated carbocycles. The van der Waals surface area contributed by atoms with Gasteiger partial charge in [0, 0.05) is 33.5 Å². The Balaban J connectivity index is 0.000000595. The number of aliphatic hydroxyl groups excluding tert-OH is 17. The van der Waals surface area contributed by atoms with E-state index in [-0.39, 0.29) is 37.2 Å². The van der Waals surface area contributed by atoms with Gasteiger partial charge in [-0.1, -0.05) is 51.4 Å². The molecule has 0 radical (unpaired) electrons. The third kappa shape index (κ3) is 28.8. The molecular weight excluding hydrogens is 1260 g/mol. The second kappa shape index (κ2) is 46.1. The molecule has 5 saturated heterocycles. The maximum absolute atomic E-state index is 11.0. The minimum atomic E-state index is -1.67. The van der Waals surface area contributed by atoms with Crippen molar-refractivity contribution in [2.45, 2.75) is 262 Å². The van der Waals surface area contributed by atoms with E-state index in [2.05, 4.69) is 24.3 Å². The van der Waals surface area contributed by atoms with Crippen molar-refractivity contribution in [3.05, 3.63) is 0 Å². The van der Waals surface area contributed by atoms with Gasteiger partial charge in [-0.15, -0.1) is 0 Å². The molecule has 25 atom stereocenters. The lowest BCUT2D eigenvalue weighted by Gasteiger charge is -2.40. The van der Waals surface area contributed by atoms with Crippen LogP contribution in [0.15, 0.2) is 0 Å². The molecular formula is C56H101NO36. The van der Waals surface area contributed by atoms with Gasteiger partial charge in [0.05, 0.1) is 46.8 Å². The van der Waals surface area contributed by atoms with Crippen LogP contribution < -0.4 is 5.32 Å². The van der Waals surface area contributed by atoms with Crippen LogP contribution in [-0.2, 0) is 76.1 Å². The van der Waals surface area contributed by atoms with Crippen LogP contribution in [0.1, 0.15) is 109 Å². The number of carboxylic acid groups (broad SMARTS) is 3. The number of carbonyl (C=O) groups is 6. The zero-order chi connectivity index (χ0) is 70.8. The summed E-state index contributed by atoms with van der Waals surface area (Å²) in [6.45, 7) is -0.357. The number of carboxylic acids is 3. The standard InChI is InChI=1S/C18H33NO8.C12H20O8.C12H22O7.C7H12O7.C7H14O6/c1-26-12(20)10-8-6-4-2-3-5-7-9-11-19-17-15(23)13(21)14(22)16(27-17)18(24)25;1-19-7(13)5-3-2-4-6-8(14)9(15)10(16)11(20-6)12(17)18;1-18-9(14)5-3-2-4-7-10(15)12(17)11(16)8(6-13)19-7;1-13-7-4(10)2(8)3(9)5(14-7)6(11)12;1-12-7-6(11)5(10)4(9)3(2-8)13-7/h13-17,19,21-23H,2-11H2,1H3,(H,24,25);6,8-11,14-16H,2-5H2,1H3,(H,17,18);7-8,10-13,15-17H,2-6H2,1H3;2-5,7-10H,1H3,(H,11,12);3-11H,2H2,1H3. The number of methoxy groups -OCH3 is 5. The molecule has 0 spiro atoms. The zero-order valence-electron chi connectivity index (χ0n) is 52.6. The minimum Gasteiger partial charge on any atom is -0.479 e. The smallest absolute Gasteiger partial charge is 0.335 e. The first-order chi connectivity index (χ1) is 43.9. The van der Waals surface area contributed by atoms with Crippen LogP contribution >= 0.6 is 0 Å². The number of esters is 3. The average Bonchev–Trinajstić information content (AvgIpc) is 0.880. The van der Waals surface area contributed by atoms with Crippen molar-refractivity contribution < 1.29 is 178 Å². The van der Waals surface area contributed by atoms with Crippen molar-refractivity contribution in [1.82, 2.24) is 5.32 Å². The van der Waals surface area contributed by atoms with Gasteiger partial charge in [0.25, 0.3) is 0 Å². The van der Waals surface area contributed by atoms with Crippen LogP contribution in [-0.4, -0.2) is 346 Å². The van der Waals surface area contributed by atoms with Crippen LogP contribution in [0.3, 0.4) is 0 Å². The molecule has 37 heteroatoms. The molecule has 5 aliphatic heterocycles. The van der Waals surface area contributed by atoms with E-state index in [1.807, 2.05) is 0 Å². The third-order valence-corrected chi connectivity index (χ3v) is 15.5. The van der Waals surface area contributed by atoms with E-state index in [0.717, 1.165) is 51.4 Å². The molecule has 0 aromatic rings. The van der Waals surface area contributed by atoms with Crippen LogP contribution in [0.2, 0.25) is 0 Å². The molecule has 0 bridgehead atoms. The predicted molar refractivity (Wildman–Crippen MR) is 307 cm³/mol. The maximum atomic E-state index is 11.0. The number of aliphatic carboxylic acids is 3. The molecule has 0 amide bonds. The number of unbranched alkanes of at least 4 members (excludes halogenated alkanes) is 9. The number of ether oxygens (including phenoxy) is 10. The number of nitrogens with one attached hydrogen (secondary N) is 1. The highest BCUT2D eigenvalue weighted by Gasteiger charge is 2.50. The topological polar surface area (TPSA) is 611 Å². The fraction of sp³-hybridized carbons (Fsp3) is 0.893. The molecule has 5 rings (SSSR count). The number of hydrogen-bond acceptors (Lipinski definition) is 34. The van der Waals surface area contributed by atoms with E-state index >= 15 is 0 Å². The third-order valence-electron chi connectivity index (χ3n) is 15.5. The molecule has 5 heterocycles. The molecule has 93 heavy (non-hydrogen) atoms. The Labute approximate surface area is 535 Å². The molecule has 25 unspecified atom stereocenters. The highest BCUT2D eigenvalue weighted by molar-refractivity contribution is 5.74. The summed E-state index contributed by atoms with van der Waals surface area (Å²) >= 11 is 0. The Morgan fingerprint density at radius 3 is 1.02 bits per heavy atom. The Morgan fingerprint density at radius 2 is 0.624 bits per heavy atom. The lowest BCUT2D eigenvalue weighted by molar-refractivity contribution is -0.294. The lowest BCUT2D eigenvalue weighted by atomic mass is 9.92. The molecule has 0 aromatic carbocycles. The van der Waals surface area contributed by atoms with Crippen molar-refractivity contribution in [1.29, 1.82) is 0 Å². The zero-order valence-corrected chi connectivity index (χ0v) is 52.6. The fourth-order valence-corrected chi connectivity index (χ4v) is 9.81. The van der Waals surface area contributed by atoms with E-state index < -0.39 is 184 Å². The first kappa shape index (κ1) is 86.8. The van der Waals surface area contributed by atoms with Crippen LogP contribution in [0, 0.1) is 0 Å². The van der Waals surface area contributed by atoms with E-state index in [0.29, 0.717) is 45.1 Å². The van der Waals surface area contributed by atoms with Crippen molar-refractivity contribution in [2.75, 3.05) is 55.3 Å². The van der Waals surface area contributed by atoms with Gasteiger partial charge in [-0.25, -0.2) is 14.4 Å².